The number of aromatic nitrogens is 1. The third-order valence-corrected chi connectivity index (χ3v) is 6.03. The molecule has 1 saturated heterocycles. The number of anilines is 1. The van der Waals surface area contributed by atoms with Gasteiger partial charge in [0.1, 0.15) is 22.8 Å². The van der Waals surface area contributed by atoms with Crippen LogP contribution >= 0.6 is 27.7 Å². The zero-order chi connectivity index (χ0) is 16.7. The predicted molar refractivity (Wildman–Crippen MR) is 90.5 cm³/mol. The molecule has 2 aromatic rings. The second-order valence-electron chi connectivity index (χ2n) is 5.26. The van der Waals surface area contributed by atoms with Crippen LogP contribution in [0, 0.1) is 25.5 Å². The second-order valence-corrected chi connectivity index (χ2v) is 7.12. The van der Waals surface area contributed by atoms with Crippen LogP contribution in [0.15, 0.2) is 28.7 Å². The third-order valence-electron chi connectivity index (χ3n) is 3.65. The molecule has 0 saturated carbocycles. The molecule has 7 heteroatoms. The highest BCUT2D eigenvalue weighted by atomic mass is 79.9. The van der Waals surface area contributed by atoms with Gasteiger partial charge in [-0.1, -0.05) is 6.07 Å². The number of amides is 1. The zero-order valence-electron chi connectivity index (χ0n) is 12.4. The van der Waals surface area contributed by atoms with Crippen molar-refractivity contribution < 1.29 is 13.6 Å². The van der Waals surface area contributed by atoms with Crippen molar-refractivity contribution in [2.75, 3.05) is 10.7 Å². The maximum Gasteiger partial charge on any atom is 0.239 e. The molecule has 1 aliphatic rings. The van der Waals surface area contributed by atoms with Crippen LogP contribution in [0.4, 0.5) is 14.6 Å². The van der Waals surface area contributed by atoms with Gasteiger partial charge in [0.25, 0.3) is 0 Å². The van der Waals surface area contributed by atoms with Crippen molar-refractivity contribution in [3.05, 3.63) is 57.2 Å². The molecule has 1 unspecified atom stereocenters. The van der Waals surface area contributed by atoms with Crippen LogP contribution in [-0.2, 0) is 4.79 Å². The summed E-state index contributed by atoms with van der Waals surface area (Å²) in [4.78, 5) is 18.1. The Balaban J connectivity index is 2.11. The molecule has 1 aromatic carbocycles. The van der Waals surface area contributed by atoms with E-state index in [1.54, 1.807) is 6.07 Å². The number of thioether (sulfide) groups is 1. The van der Waals surface area contributed by atoms with Crippen molar-refractivity contribution in [3.8, 4) is 0 Å². The summed E-state index contributed by atoms with van der Waals surface area (Å²) < 4.78 is 29.1. The molecular weight excluding hydrogens is 386 g/mol. The Morgan fingerprint density at radius 1 is 1.30 bits per heavy atom. The SMILES string of the molecule is Cc1cc(N2C(=O)CSC2c2c(F)cccc2F)nc(C)c1Br. The molecule has 2 heterocycles. The fraction of sp³-hybridized carbons (Fsp3) is 0.250. The average Bonchev–Trinajstić information content (AvgIpc) is 2.86. The molecule has 120 valence electrons. The molecule has 1 atom stereocenters. The van der Waals surface area contributed by atoms with Crippen LogP contribution in [-0.4, -0.2) is 16.6 Å². The Kier molecular flexibility index (Phi) is 4.42. The van der Waals surface area contributed by atoms with E-state index in [4.69, 9.17) is 0 Å². The number of rotatable bonds is 2. The Bertz CT molecular complexity index is 756. The molecular formula is C16H13BrF2N2OS. The van der Waals surface area contributed by atoms with E-state index in [1.165, 1.54) is 34.9 Å². The van der Waals surface area contributed by atoms with Crippen LogP contribution in [0.1, 0.15) is 22.2 Å². The van der Waals surface area contributed by atoms with E-state index in [0.29, 0.717) is 5.82 Å². The Labute approximate surface area is 145 Å². The first kappa shape index (κ1) is 16.4. The van der Waals surface area contributed by atoms with E-state index in [-0.39, 0.29) is 17.2 Å². The molecule has 3 rings (SSSR count). The molecule has 0 bridgehead atoms. The summed E-state index contributed by atoms with van der Waals surface area (Å²) in [6, 6.07) is 5.45. The molecule has 1 amide bonds. The van der Waals surface area contributed by atoms with E-state index >= 15 is 0 Å². The van der Waals surface area contributed by atoms with Gasteiger partial charge in [-0.15, -0.1) is 11.8 Å². The molecule has 0 aliphatic carbocycles. The van der Waals surface area contributed by atoms with Gasteiger partial charge in [-0.2, -0.15) is 0 Å². The van der Waals surface area contributed by atoms with E-state index in [1.807, 2.05) is 13.8 Å². The van der Waals surface area contributed by atoms with Crippen LogP contribution in [0.3, 0.4) is 0 Å². The number of benzene rings is 1. The van der Waals surface area contributed by atoms with E-state index in [0.717, 1.165) is 15.7 Å². The highest BCUT2D eigenvalue weighted by Crippen LogP contribution is 2.43. The highest BCUT2D eigenvalue weighted by molar-refractivity contribution is 9.10. The maximum atomic E-state index is 14.1. The van der Waals surface area contributed by atoms with Gasteiger partial charge in [0.05, 0.1) is 17.0 Å². The summed E-state index contributed by atoms with van der Waals surface area (Å²) in [6.07, 6.45) is 0. The zero-order valence-corrected chi connectivity index (χ0v) is 14.8. The lowest BCUT2D eigenvalue weighted by Gasteiger charge is -2.25. The monoisotopic (exact) mass is 398 g/mol. The molecule has 3 nitrogen and oxygen atoms in total. The lowest BCUT2D eigenvalue weighted by Crippen LogP contribution is -2.30. The summed E-state index contributed by atoms with van der Waals surface area (Å²) in [5.41, 5.74) is 1.52. The van der Waals surface area contributed by atoms with Gasteiger partial charge in [0.15, 0.2) is 0 Å². The number of carbonyl (C=O) groups is 1. The Morgan fingerprint density at radius 2 is 1.96 bits per heavy atom. The molecule has 0 N–H and O–H groups in total. The first-order valence-electron chi connectivity index (χ1n) is 6.91. The standard InChI is InChI=1S/C16H13BrF2N2OS/c1-8-6-12(20-9(2)15(8)17)21-13(22)7-23-16(21)14-10(18)4-3-5-11(14)19/h3-6,16H,7H2,1-2H3. The summed E-state index contributed by atoms with van der Waals surface area (Å²) >= 11 is 4.62. The van der Waals surface area contributed by atoms with Gasteiger partial charge in [-0.3, -0.25) is 9.69 Å². The normalized spacial score (nSPS) is 17.9. The number of carbonyl (C=O) groups excluding carboxylic acids is 1. The number of aryl methyl sites for hydroxylation is 2. The minimum atomic E-state index is -0.754. The average molecular weight is 399 g/mol. The number of pyridine rings is 1. The molecule has 0 radical (unpaired) electrons. The summed E-state index contributed by atoms with van der Waals surface area (Å²) in [5, 5.41) is -0.754. The smallest absolute Gasteiger partial charge is 0.239 e. The highest BCUT2D eigenvalue weighted by Gasteiger charge is 2.38. The molecule has 1 aromatic heterocycles. The van der Waals surface area contributed by atoms with Gasteiger partial charge in [-0.05, 0) is 53.5 Å². The number of halogens is 3. The van der Waals surface area contributed by atoms with E-state index < -0.39 is 17.0 Å². The van der Waals surface area contributed by atoms with Crippen LogP contribution in [0.2, 0.25) is 0 Å². The Morgan fingerprint density at radius 3 is 2.57 bits per heavy atom. The topological polar surface area (TPSA) is 33.2 Å². The van der Waals surface area contributed by atoms with Crippen molar-refractivity contribution in [1.29, 1.82) is 0 Å². The molecule has 1 fully saturated rings. The number of hydrogen-bond donors (Lipinski definition) is 0. The number of nitrogens with zero attached hydrogens (tertiary/aromatic N) is 2. The minimum absolute atomic E-state index is 0.108. The lowest BCUT2D eigenvalue weighted by atomic mass is 10.1. The minimum Gasteiger partial charge on any atom is -0.279 e. The Hall–Kier alpha value is -1.47. The fourth-order valence-corrected chi connectivity index (χ4v) is 3.96. The van der Waals surface area contributed by atoms with Gasteiger partial charge in [0, 0.05) is 4.47 Å². The summed E-state index contributed by atoms with van der Waals surface area (Å²) in [7, 11) is 0. The van der Waals surface area contributed by atoms with Crippen molar-refractivity contribution in [2.45, 2.75) is 19.2 Å². The summed E-state index contributed by atoms with van der Waals surface area (Å²) in [6.45, 7) is 3.70. The lowest BCUT2D eigenvalue weighted by molar-refractivity contribution is -0.115. The second kappa shape index (κ2) is 6.20. The van der Waals surface area contributed by atoms with Crippen LogP contribution in [0.5, 0.6) is 0 Å². The molecule has 0 spiro atoms. The summed E-state index contributed by atoms with van der Waals surface area (Å²) in [5.74, 6) is -0.962. The van der Waals surface area contributed by atoms with Gasteiger partial charge in [0.2, 0.25) is 5.91 Å². The molecule has 1 aliphatic heterocycles. The largest absolute Gasteiger partial charge is 0.279 e. The first-order chi connectivity index (χ1) is 10.9. The van der Waals surface area contributed by atoms with Crippen molar-refractivity contribution >= 4 is 39.4 Å². The van der Waals surface area contributed by atoms with Crippen molar-refractivity contribution in [2.24, 2.45) is 0 Å². The van der Waals surface area contributed by atoms with Gasteiger partial charge < -0.3 is 0 Å². The van der Waals surface area contributed by atoms with Gasteiger partial charge >= 0.3 is 0 Å². The van der Waals surface area contributed by atoms with Crippen molar-refractivity contribution in [3.63, 3.8) is 0 Å². The van der Waals surface area contributed by atoms with Crippen LogP contribution in [0.25, 0.3) is 0 Å². The van der Waals surface area contributed by atoms with E-state index in [2.05, 4.69) is 20.9 Å². The third kappa shape index (κ3) is 2.87. The van der Waals surface area contributed by atoms with Crippen LogP contribution < -0.4 is 4.90 Å². The fourth-order valence-electron chi connectivity index (χ4n) is 2.55. The van der Waals surface area contributed by atoms with Crippen molar-refractivity contribution in [1.82, 2.24) is 4.98 Å². The predicted octanol–water partition coefficient (Wildman–Crippen LogP) is 4.52. The number of hydrogen-bond acceptors (Lipinski definition) is 3. The molecule has 23 heavy (non-hydrogen) atoms. The van der Waals surface area contributed by atoms with Gasteiger partial charge in [-0.25, -0.2) is 13.8 Å². The maximum absolute atomic E-state index is 14.1. The first-order valence-corrected chi connectivity index (χ1v) is 8.75. The van der Waals surface area contributed by atoms with E-state index in [9.17, 15) is 13.6 Å². The quantitative estimate of drug-likeness (QED) is 0.745.